The standard InChI is InChI=1S/C13H22N4OS2.HI/c1-10-16-11(7-20-10)6-17(3)12(14-2)15-8-13(18)4-5-19-9-13;/h7,18H,4-6,8-9H2,1-3H3,(H,14,15);1H. The lowest BCUT2D eigenvalue weighted by Gasteiger charge is -2.26. The number of aliphatic imine (C=N–C) groups is 1. The van der Waals surface area contributed by atoms with E-state index in [0.717, 1.165) is 41.1 Å². The summed E-state index contributed by atoms with van der Waals surface area (Å²) in [7, 11) is 3.75. The summed E-state index contributed by atoms with van der Waals surface area (Å²) in [4.78, 5) is 10.8. The van der Waals surface area contributed by atoms with Crippen LogP contribution in [0.25, 0.3) is 0 Å². The van der Waals surface area contributed by atoms with E-state index in [0.29, 0.717) is 6.54 Å². The van der Waals surface area contributed by atoms with Crippen LogP contribution < -0.4 is 5.32 Å². The van der Waals surface area contributed by atoms with E-state index in [1.54, 1.807) is 30.1 Å². The Morgan fingerprint density at radius 2 is 2.38 bits per heavy atom. The molecule has 21 heavy (non-hydrogen) atoms. The maximum atomic E-state index is 10.3. The first-order valence-electron chi connectivity index (χ1n) is 6.65. The summed E-state index contributed by atoms with van der Waals surface area (Å²) < 4.78 is 0. The molecule has 0 bridgehead atoms. The number of rotatable bonds is 4. The molecule has 2 heterocycles. The van der Waals surface area contributed by atoms with E-state index in [1.165, 1.54) is 0 Å². The van der Waals surface area contributed by atoms with Crippen LogP contribution in [0.3, 0.4) is 0 Å². The summed E-state index contributed by atoms with van der Waals surface area (Å²) >= 11 is 3.46. The lowest BCUT2D eigenvalue weighted by atomic mass is 10.0. The van der Waals surface area contributed by atoms with E-state index in [9.17, 15) is 5.11 Å². The zero-order valence-corrected chi connectivity index (χ0v) is 16.6. The SMILES string of the molecule is CN=C(NCC1(O)CCSC1)N(C)Cc1csc(C)n1.I. The van der Waals surface area contributed by atoms with Gasteiger partial charge in [0.2, 0.25) is 0 Å². The number of aryl methyl sites for hydroxylation is 1. The Morgan fingerprint density at radius 3 is 2.90 bits per heavy atom. The molecule has 1 aromatic heterocycles. The van der Waals surface area contributed by atoms with Crippen molar-refractivity contribution in [1.29, 1.82) is 0 Å². The van der Waals surface area contributed by atoms with Crippen LogP contribution in [0, 0.1) is 6.92 Å². The zero-order chi connectivity index (χ0) is 14.6. The van der Waals surface area contributed by atoms with Crippen molar-refractivity contribution in [2.45, 2.75) is 25.5 Å². The third-order valence-corrected chi connectivity index (χ3v) is 5.35. The molecule has 0 saturated carbocycles. The molecule has 0 amide bonds. The van der Waals surface area contributed by atoms with Crippen molar-refractivity contribution in [2.24, 2.45) is 4.99 Å². The van der Waals surface area contributed by atoms with Gasteiger partial charge in [-0.2, -0.15) is 11.8 Å². The van der Waals surface area contributed by atoms with Crippen molar-refractivity contribution in [3.05, 3.63) is 16.1 Å². The minimum absolute atomic E-state index is 0. The molecule has 1 aliphatic rings. The maximum absolute atomic E-state index is 10.3. The van der Waals surface area contributed by atoms with Crippen molar-refractivity contribution in [1.82, 2.24) is 15.2 Å². The summed E-state index contributed by atoms with van der Waals surface area (Å²) in [6.07, 6.45) is 0.844. The normalized spacial score (nSPS) is 22.0. The number of aliphatic hydroxyl groups is 1. The smallest absolute Gasteiger partial charge is 0.193 e. The highest BCUT2D eigenvalue weighted by molar-refractivity contribution is 14.0. The minimum atomic E-state index is -0.599. The number of guanidine groups is 1. The van der Waals surface area contributed by atoms with Gasteiger partial charge in [0, 0.05) is 31.8 Å². The lowest BCUT2D eigenvalue weighted by molar-refractivity contribution is 0.0718. The monoisotopic (exact) mass is 442 g/mol. The van der Waals surface area contributed by atoms with Crippen LogP contribution in [0.1, 0.15) is 17.1 Å². The molecule has 1 aromatic rings. The average Bonchev–Trinajstić information content (AvgIpc) is 3.00. The van der Waals surface area contributed by atoms with Crippen LogP contribution >= 0.6 is 47.1 Å². The molecule has 0 aromatic carbocycles. The molecule has 2 rings (SSSR count). The first-order chi connectivity index (χ1) is 9.52. The van der Waals surface area contributed by atoms with Crippen LogP contribution in [-0.4, -0.2) is 58.7 Å². The van der Waals surface area contributed by atoms with Gasteiger partial charge in [-0.05, 0) is 19.1 Å². The molecule has 1 aliphatic heterocycles. The Balaban J connectivity index is 0.00000220. The Hall–Kier alpha value is -0.0600. The number of halogens is 1. The Labute approximate surface area is 151 Å². The van der Waals surface area contributed by atoms with E-state index in [2.05, 4.69) is 20.7 Å². The molecular formula is C13H23IN4OS2. The fraction of sp³-hybridized carbons (Fsp3) is 0.692. The lowest BCUT2D eigenvalue weighted by Crippen LogP contribution is -2.47. The molecule has 1 fully saturated rings. The highest BCUT2D eigenvalue weighted by Crippen LogP contribution is 2.26. The largest absolute Gasteiger partial charge is 0.387 e. The average molecular weight is 442 g/mol. The van der Waals surface area contributed by atoms with Gasteiger partial charge in [-0.3, -0.25) is 4.99 Å². The van der Waals surface area contributed by atoms with E-state index in [-0.39, 0.29) is 24.0 Å². The molecule has 1 atom stereocenters. The third-order valence-electron chi connectivity index (χ3n) is 3.30. The topological polar surface area (TPSA) is 60.8 Å². The molecule has 5 nitrogen and oxygen atoms in total. The van der Waals surface area contributed by atoms with Crippen LogP contribution in [0.15, 0.2) is 10.4 Å². The predicted octanol–water partition coefficient (Wildman–Crippen LogP) is 1.94. The molecule has 0 spiro atoms. The van der Waals surface area contributed by atoms with E-state index >= 15 is 0 Å². The van der Waals surface area contributed by atoms with Crippen molar-refractivity contribution in [3.8, 4) is 0 Å². The number of aromatic nitrogens is 1. The van der Waals surface area contributed by atoms with E-state index in [4.69, 9.17) is 0 Å². The van der Waals surface area contributed by atoms with Crippen LogP contribution in [0.4, 0.5) is 0 Å². The number of hydrogen-bond acceptors (Lipinski definition) is 5. The third kappa shape index (κ3) is 5.57. The van der Waals surface area contributed by atoms with Gasteiger partial charge < -0.3 is 15.3 Å². The van der Waals surface area contributed by atoms with Crippen molar-refractivity contribution in [2.75, 3.05) is 32.1 Å². The van der Waals surface area contributed by atoms with Crippen LogP contribution in [0.5, 0.6) is 0 Å². The molecule has 2 N–H and O–H groups in total. The summed E-state index contributed by atoms with van der Waals surface area (Å²) in [6.45, 7) is 3.28. The van der Waals surface area contributed by atoms with Gasteiger partial charge in [0.05, 0.1) is 22.8 Å². The summed E-state index contributed by atoms with van der Waals surface area (Å²) in [6, 6.07) is 0. The summed E-state index contributed by atoms with van der Waals surface area (Å²) in [5.41, 5.74) is 0.451. The first-order valence-corrected chi connectivity index (χ1v) is 8.69. The number of nitrogens with one attached hydrogen (secondary N) is 1. The molecule has 1 saturated heterocycles. The highest BCUT2D eigenvalue weighted by Gasteiger charge is 2.31. The van der Waals surface area contributed by atoms with Gasteiger partial charge in [-0.15, -0.1) is 35.3 Å². The number of thiazole rings is 1. The summed E-state index contributed by atoms with van der Waals surface area (Å²) in [5.74, 6) is 2.62. The molecule has 1 unspecified atom stereocenters. The zero-order valence-electron chi connectivity index (χ0n) is 12.6. The second-order valence-corrected chi connectivity index (χ2v) is 7.31. The number of nitrogens with zero attached hydrogens (tertiary/aromatic N) is 3. The quantitative estimate of drug-likeness (QED) is 0.424. The van der Waals surface area contributed by atoms with Gasteiger partial charge in [0.15, 0.2) is 5.96 Å². The Kier molecular flexibility index (Phi) is 7.72. The molecule has 8 heteroatoms. The Bertz CT molecular complexity index is 474. The van der Waals surface area contributed by atoms with E-state index < -0.39 is 5.60 Å². The highest BCUT2D eigenvalue weighted by atomic mass is 127. The predicted molar refractivity (Wildman–Crippen MR) is 102 cm³/mol. The molecule has 0 radical (unpaired) electrons. The molecular weight excluding hydrogens is 419 g/mol. The maximum Gasteiger partial charge on any atom is 0.193 e. The minimum Gasteiger partial charge on any atom is -0.387 e. The fourth-order valence-corrected chi connectivity index (χ4v) is 4.06. The van der Waals surface area contributed by atoms with Crippen LogP contribution in [0.2, 0.25) is 0 Å². The number of hydrogen-bond donors (Lipinski definition) is 2. The van der Waals surface area contributed by atoms with Gasteiger partial charge in [0.1, 0.15) is 0 Å². The molecule has 120 valence electrons. The fourth-order valence-electron chi connectivity index (χ4n) is 2.16. The van der Waals surface area contributed by atoms with Gasteiger partial charge in [-0.1, -0.05) is 0 Å². The van der Waals surface area contributed by atoms with Gasteiger partial charge >= 0.3 is 0 Å². The van der Waals surface area contributed by atoms with Crippen molar-refractivity contribution in [3.63, 3.8) is 0 Å². The van der Waals surface area contributed by atoms with Gasteiger partial charge in [-0.25, -0.2) is 4.98 Å². The van der Waals surface area contributed by atoms with Crippen LogP contribution in [-0.2, 0) is 6.54 Å². The van der Waals surface area contributed by atoms with E-state index in [1.807, 2.05) is 18.9 Å². The second-order valence-electron chi connectivity index (χ2n) is 5.14. The summed E-state index contributed by atoms with van der Waals surface area (Å²) in [5, 5.41) is 16.8. The molecule has 0 aliphatic carbocycles. The van der Waals surface area contributed by atoms with Crippen molar-refractivity contribution < 1.29 is 5.11 Å². The second kappa shape index (κ2) is 8.54. The Morgan fingerprint density at radius 1 is 1.62 bits per heavy atom. The van der Waals surface area contributed by atoms with Gasteiger partial charge in [0.25, 0.3) is 0 Å². The number of thioether (sulfide) groups is 1. The van der Waals surface area contributed by atoms with Crippen molar-refractivity contribution >= 4 is 53.0 Å². The first kappa shape index (κ1) is 19.0.